The van der Waals surface area contributed by atoms with Gasteiger partial charge in [-0.1, -0.05) is 26.7 Å². The molecular formula is C16H25NO3. The van der Waals surface area contributed by atoms with Crippen LogP contribution in [-0.2, 0) is 0 Å². The first-order chi connectivity index (χ1) is 9.62. The molecule has 0 aromatic heterocycles. The molecule has 0 bridgehead atoms. The lowest BCUT2D eigenvalue weighted by Crippen LogP contribution is -2.32. The summed E-state index contributed by atoms with van der Waals surface area (Å²) in [6, 6.07) is 4.67. The first-order valence-corrected chi connectivity index (χ1v) is 7.29. The Bertz CT molecular complexity index is 424. The lowest BCUT2D eigenvalue weighted by Gasteiger charge is -2.22. The fraction of sp³-hybridized carbons (Fsp3) is 0.562. The summed E-state index contributed by atoms with van der Waals surface area (Å²) >= 11 is 0. The van der Waals surface area contributed by atoms with Crippen molar-refractivity contribution >= 4 is 5.91 Å². The minimum absolute atomic E-state index is 0.0406. The Balaban J connectivity index is 2.89. The van der Waals surface area contributed by atoms with Gasteiger partial charge in [0.15, 0.2) is 0 Å². The highest BCUT2D eigenvalue weighted by atomic mass is 16.5. The molecule has 0 unspecified atom stereocenters. The van der Waals surface area contributed by atoms with E-state index in [2.05, 4.69) is 13.8 Å². The summed E-state index contributed by atoms with van der Waals surface area (Å²) in [4.78, 5) is 14.4. The Hall–Kier alpha value is -1.71. The van der Waals surface area contributed by atoms with Crippen LogP contribution in [0.5, 0.6) is 11.5 Å². The van der Waals surface area contributed by atoms with Crippen molar-refractivity contribution in [3.8, 4) is 11.5 Å². The summed E-state index contributed by atoms with van der Waals surface area (Å²) < 4.78 is 5.10. The Kier molecular flexibility index (Phi) is 6.91. The van der Waals surface area contributed by atoms with Crippen LogP contribution in [0.1, 0.15) is 49.9 Å². The number of unbranched alkanes of at least 4 members (excludes halogenated alkanes) is 2. The van der Waals surface area contributed by atoms with E-state index in [-0.39, 0.29) is 11.7 Å². The first kappa shape index (κ1) is 16.3. The van der Waals surface area contributed by atoms with Crippen LogP contribution < -0.4 is 4.74 Å². The fourth-order valence-electron chi connectivity index (χ4n) is 2.02. The minimum Gasteiger partial charge on any atom is -0.508 e. The van der Waals surface area contributed by atoms with Gasteiger partial charge < -0.3 is 14.7 Å². The maximum absolute atomic E-state index is 12.5. The number of rotatable bonds is 8. The summed E-state index contributed by atoms with van der Waals surface area (Å²) in [5.74, 6) is 0.513. The van der Waals surface area contributed by atoms with Gasteiger partial charge in [-0.05, 0) is 25.0 Å². The largest absolute Gasteiger partial charge is 0.508 e. The van der Waals surface area contributed by atoms with Gasteiger partial charge >= 0.3 is 0 Å². The monoisotopic (exact) mass is 279 g/mol. The summed E-state index contributed by atoms with van der Waals surface area (Å²) in [5.41, 5.74) is 0.481. The number of ether oxygens (including phenoxy) is 1. The maximum atomic E-state index is 12.5. The second-order valence-electron chi connectivity index (χ2n) is 4.92. The number of nitrogens with zero attached hydrogens (tertiary/aromatic N) is 1. The molecule has 4 heteroatoms. The summed E-state index contributed by atoms with van der Waals surface area (Å²) in [7, 11) is 1.52. The van der Waals surface area contributed by atoms with Crippen LogP contribution in [-0.4, -0.2) is 36.1 Å². The number of phenolic OH excluding ortho intramolecular Hbond substituents is 1. The van der Waals surface area contributed by atoms with E-state index < -0.39 is 0 Å². The number of phenols is 1. The van der Waals surface area contributed by atoms with Crippen molar-refractivity contribution in [1.82, 2.24) is 4.90 Å². The zero-order chi connectivity index (χ0) is 15.0. The molecule has 0 aliphatic heterocycles. The number of hydrogen-bond donors (Lipinski definition) is 1. The van der Waals surface area contributed by atoms with E-state index in [0.29, 0.717) is 11.3 Å². The standard InChI is InChI=1S/C16H25NO3/c1-4-6-8-17(9-7-5-2)16(19)13-10-14(18)12-15(11-13)20-3/h10-12,18H,4-9H2,1-3H3. The molecular weight excluding hydrogens is 254 g/mol. The predicted molar refractivity (Wildman–Crippen MR) is 80.4 cm³/mol. The van der Waals surface area contributed by atoms with Gasteiger partial charge in [0.05, 0.1) is 7.11 Å². The number of hydrogen-bond acceptors (Lipinski definition) is 3. The molecule has 0 aliphatic carbocycles. The van der Waals surface area contributed by atoms with Crippen molar-refractivity contribution in [1.29, 1.82) is 0 Å². The van der Waals surface area contributed by atoms with Crippen molar-refractivity contribution < 1.29 is 14.6 Å². The number of carbonyl (C=O) groups excluding carboxylic acids is 1. The number of carbonyl (C=O) groups is 1. The van der Waals surface area contributed by atoms with Crippen molar-refractivity contribution in [2.75, 3.05) is 20.2 Å². The number of benzene rings is 1. The molecule has 0 heterocycles. The Morgan fingerprint density at radius 3 is 2.25 bits per heavy atom. The average molecular weight is 279 g/mol. The highest BCUT2D eigenvalue weighted by molar-refractivity contribution is 5.95. The van der Waals surface area contributed by atoms with E-state index in [0.717, 1.165) is 38.8 Å². The highest BCUT2D eigenvalue weighted by Gasteiger charge is 2.16. The van der Waals surface area contributed by atoms with Gasteiger partial charge in [0.2, 0.25) is 0 Å². The van der Waals surface area contributed by atoms with Crippen LogP contribution in [0.4, 0.5) is 0 Å². The van der Waals surface area contributed by atoms with Gasteiger partial charge in [-0.15, -0.1) is 0 Å². The predicted octanol–water partition coefficient (Wildman–Crippen LogP) is 3.44. The quantitative estimate of drug-likeness (QED) is 0.793. The fourth-order valence-corrected chi connectivity index (χ4v) is 2.02. The Morgan fingerprint density at radius 1 is 1.15 bits per heavy atom. The molecule has 0 saturated carbocycles. The van der Waals surface area contributed by atoms with Crippen LogP contribution in [0.3, 0.4) is 0 Å². The smallest absolute Gasteiger partial charge is 0.254 e. The zero-order valence-corrected chi connectivity index (χ0v) is 12.7. The van der Waals surface area contributed by atoms with E-state index in [9.17, 15) is 9.90 Å². The molecule has 4 nitrogen and oxygen atoms in total. The maximum Gasteiger partial charge on any atom is 0.254 e. The first-order valence-electron chi connectivity index (χ1n) is 7.29. The molecule has 1 aromatic carbocycles. The lowest BCUT2D eigenvalue weighted by molar-refractivity contribution is 0.0750. The SMILES string of the molecule is CCCCN(CCCC)C(=O)c1cc(O)cc(OC)c1. The second-order valence-corrected chi connectivity index (χ2v) is 4.92. The summed E-state index contributed by atoms with van der Waals surface area (Å²) in [6.07, 6.45) is 4.09. The third-order valence-corrected chi connectivity index (χ3v) is 3.22. The van der Waals surface area contributed by atoms with Gasteiger partial charge in [0.25, 0.3) is 5.91 Å². The van der Waals surface area contributed by atoms with Gasteiger partial charge in [0.1, 0.15) is 11.5 Å². The van der Waals surface area contributed by atoms with Crippen LogP contribution in [0, 0.1) is 0 Å². The normalized spacial score (nSPS) is 10.3. The molecule has 0 saturated heterocycles. The number of methoxy groups -OCH3 is 1. The molecule has 0 atom stereocenters. The van der Waals surface area contributed by atoms with Crippen LogP contribution in [0.2, 0.25) is 0 Å². The molecule has 1 aromatic rings. The van der Waals surface area contributed by atoms with Crippen LogP contribution >= 0.6 is 0 Å². The van der Waals surface area contributed by atoms with Crippen LogP contribution in [0.25, 0.3) is 0 Å². The number of aromatic hydroxyl groups is 1. The number of amides is 1. The molecule has 1 rings (SSSR count). The highest BCUT2D eigenvalue weighted by Crippen LogP contribution is 2.22. The summed E-state index contributed by atoms with van der Waals surface area (Å²) in [5, 5.41) is 9.66. The van der Waals surface area contributed by atoms with Gasteiger partial charge in [-0.3, -0.25) is 4.79 Å². The van der Waals surface area contributed by atoms with Crippen molar-refractivity contribution in [2.24, 2.45) is 0 Å². The molecule has 0 aliphatic rings. The molecule has 0 spiro atoms. The van der Waals surface area contributed by atoms with E-state index in [4.69, 9.17) is 4.74 Å². The van der Waals surface area contributed by atoms with Crippen molar-refractivity contribution in [3.05, 3.63) is 23.8 Å². The van der Waals surface area contributed by atoms with Crippen molar-refractivity contribution in [2.45, 2.75) is 39.5 Å². The third kappa shape index (κ3) is 4.76. The average Bonchev–Trinajstić information content (AvgIpc) is 2.46. The van der Waals surface area contributed by atoms with E-state index >= 15 is 0 Å². The van der Waals surface area contributed by atoms with Gasteiger partial charge in [0, 0.05) is 24.7 Å². The third-order valence-electron chi connectivity index (χ3n) is 3.22. The van der Waals surface area contributed by atoms with E-state index in [1.54, 1.807) is 6.07 Å². The van der Waals surface area contributed by atoms with Crippen molar-refractivity contribution in [3.63, 3.8) is 0 Å². The lowest BCUT2D eigenvalue weighted by atomic mass is 10.1. The van der Waals surface area contributed by atoms with Crippen LogP contribution in [0.15, 0.2) is 18.2 Å². The zero-order valence-electron chi connectivity index (χ0n) is 12.7. The molecule has 20 heavy (non-hydrogen) atoms. The Labute approximate surface area is 121 Å². The van der Waals surface area contributed by atoms with Gasteiger partial charge in [-0.25, -0.2) is 0 Å². The molecule has 1 amide bonds. The molecule has 112 valence electrons. The topological polar surface area (TPSA) is 49.8 Å². The van der Waals surface area contributed by atoms with Gasteiger partial charge in [-0.2, -0.15) is 0 Å². The molecule has 0 radical (unpaired) electrons. The summed E-state index contributed by atoms with van der Waals surface area (Å²) in [6.45, 7) is 5.74. The van der Waals surface area contributed by atoms with E-state index in [1.807, 2.05) is 4.90 Å². The molecule has 1 N–H and O–H groups in total. The Morgan fingerprint density at radius 2 is 1.75 bits per heavy atom. The second kappa shape index (κ2) is 8.46. The van der Waals surface area contributed by atoms with E-state index in [1.165, 1.54) is 19.2 Å². The molecule has 0 fully saturated rings. The minimum atomic E-state index is -0.0406.